The summed E-state index contributed by atoms with van der Waals surface area (Å²) in [6.45, 7) is 8.53. The molecular formula is C20H35N5O6. The van der Waals surface area contributed by atoms with Crippen molar-refractivity contribution in [3.63, 3.8) is 0 Å². The van der Waals surface area contributed by atoms with Crippen molar-refractivity contribution in [2.24, 2.45) is 0 Å². The van der Waals surface area contributed by atoms with E-state index in [1.165, 1.54) is 9.96 Å². The lowest BCUT2D eigenvalue weighted by Gasteiger charge is -2.29. The maximum atomic E-state index is 12.6. The number of hydrogen-bond donors (Lipinski definition) is 3. The molecule has 3 N–H and O–H groups in total. The molecule has 0 spiro atoms. The number of fused-ring (bicyclic) bond motifs is 2. The van der Waals surface area contributed by atoms with E-state index >= 15 is 0 Å². The number of hydrazine groups is 1. The number of urea groups is 1. The van der Waals surface area contributed by atoms with E-state index in [1.807, 2.05) is 6.92 Å². The number of alkyl carbamates (subject to hydrolysis) is 1. The molecule has 0 saturated carbocycles. The van der Waals surface area contributed by atoms with Gasteiger partial charge in [-0.2, -0.15) is 5.06 Å². The molecule has 2 atom stereocenters. The Balaban J connectivity index is 1.67. The van der Waals surface area contributed by atoms with Crippen LogP contribution in [0.5, 0.6) is 0 Å². The van der Waals surface area contributed by atoms with Crippen LogP contribution in [-0.2, 0) is 19.2 Å². The highest BCUT2D eigenvalue weighted by Crippen LogP contribution is 2.30. The van der Waals surface area contributed by atoms with Crippen molar-refractivity contribution in [1.82, 2.24) is 26.1 Å². The number of nitrogens with one attached hydrogen (secondary N) is 3. The van der Waals surface area contributed by atoms with Gasteiger partial charge in [-0.15, -0.1) is 0 Å². The van der Waals surface area contributed by atoms with Crippen molar-refractivity contribution in [2.75, 3.05) is 19.7 Å². The summed E-state index contributed by atoms with van der Waals surface area (Å²) < 4.78 is 5.11. The Bertz CT molecular complexity index is 665. The van der Waals surface area contributed by atoms with Crippen LogP contribution >= 0.6 is 0 Å². The molecule has 11 heteroatoms. The van der Waals surface area contributed by atoms with Gasteiger partial charge in [0.05, 0.1) is 12.6 Å². The van der Waals surface area contributed by atoms with Gasteiger partial charge in [0, 0.05) is 19.5 Å². The summed E-state index contributed by atoms with van der Waals surface area (Å²) in [5.41, 5.74) is 4.18. The first-order chi connectivity index (χ1) is 14.6. The van der Waals surface area contributed by atoms with Crippen molar-refractivity contribution in [2.45, 2.75) is 83.9 Å². The first kappa shape index (κ1) is 24.7. The Morgan fingerprint density at radius 2 is 1.87 bits per heavy atom. The maximum Gasteiger partial charge on any atom is 0.407 e. The summed E-state index contributed by atoms with van der Waals surface area (Å²) in [6.07, 6.45) is 2.96. The molecule has 2 heterocycles. The number of unbranched alkanes of at least 4 members (excludes halogenated alkanes) is 1. The molecule has 2 aliphatic heterocycles. The second-order valence-corrected chi connectivity index (χ2v) is 8.76. The highest BCUT2D eigenvalue weighted by Gasteiger charge is 2.47. The van der Waals surface area contributed by atoms with Gasteiger partial charge in [0.1, 0.15) is 11.6 Å². The van der Waals surface area contributed by atoms with Crippen LogP contribution < -0.4 is 16.2 Å². The average Bonchev–Trinajstić information content (AvgIpc) is 2.93. The fraction of sp³-hybridized carbons (Fsp3) is 0.800. The van der Waals surface area contributed by atoms with Crippen LogP contribution in [-0.4, -0.2) is 71.3 Å². The lowest BCUT2D eigenvalue weighted by molar-refractivity contribution is -0.132. The maximum absolute atomic E-state index is 12.6. The van der Waals surface area contributed by atoms with Crippen molar-refractivity contribution in [3.8, 4) is 0 Å². The number of amides is 5. The summed E-state index contributed by atoms with van der Waals surface area (Å²) in [7, 11) is 0. The lowest BCUT2D eigenvalue weighted by Crippen LogP contribution is -2.54. The number of carbonyl (C=O) groups excluding carboxylic acids is 4. The molecule has 2 aliphatic rings. The molecule has 2 rings (SSSR count). The van der Waals surface area contributed by atoms with Gasteiger partial charge in [0.25, 0.3) is 5.91 Å². The summed E-state index contributed by atoms with van der Waals surface area (Å²) in [5, 5.41) is 3.96. The SMILES string of the molecule is CCCCON1C(=O)N2C[C@@H]1CC[C@H]2C(=O)NNC(=O)CCCNC(=O)OC(C)(C)C. The van der Waals surface area contributed by atoms with E-state index in [-0.39, 0.29) is 30.9 Å². The number of hydrogen-bond acceptors (Lipinski definition) is 6. The van der Waals surface area contributed by atoms with Crippen LogP contribution in [0.3, 0.4) is 0 Å². The van der Waals surface area contributed by atoms with Gasteiger partial charge in [-0.1, -0.05) is 13.3 Å². The number of ether oxygens (including phenoxy) is 1. The molecule has 2 saturated heterocycles. The molecular weight excluding hydrogens is 406 g/mol. The predicted molar refractivity (Wildman–Crippen MR) is 111 cm³/mol. The van der Waals surface area contributed by atoms with Crippen molar-refractivity contribution >= 4 is 23.9 Å². The Hall–Kier alpha value is -2.56. The fourth-order valence-corrected chi connectivity index (χ4v) is 3.41. The molecule has 11 nitrogen and oxygen atoms in total. The second-order valence-electron chi connectivity index (χ2n) is 8.76. The van der Waals surface area contributed by atoms with Crippen molar-refractivity contribution in [3.05, 3.63) is 0 Å². The van der Waals surface area contributed by atoms with Crippen LogP contribution in [0.4, 0.5) is 9.59 Å². The minimum atomic E-state index is -0.641. The Morgan fingerprint density at radius 1 is 1.13 bits per heavy atom. The lowest BCUT2D eigenvalue weighted by atomic mass is 10.0. The first-order valence-corrected chi connectivity index (χ1v) is 10.9. The van der Waals surface area contributed by atoms with E-state index in [0.717, 1.165) is 12.8 Å². The van der Waals surface area contributed by atoms with Crippen molar-refractivity contribution in [1.29, 1.82) is 0 Å². The molecule has 0 unspecified atom stereocenters. The Morgan fingerprint density at radius 3 is 2.55 bits per heavy atom. The number of rotatable bonds is 9. The third kappa shape index (κ3) is 7.57. The van der Waals surface area contributed by atoms with Crippen LogP contribution in [0.25, 0.3) is 0 Å². The average molecular weight is 442 g/mol. The van der Waals surface area contributed by atoms with Gasteiger partial charge < -0.3 is 15.0 Å². The van der Waals surface area contributed by atoms with Crippen LogP contribution in [0, 0.1) is 0 Å². The predicted octanol–water partition coefficient (Wildman–Crippen LogP) is 1.44. The first-order valence-electron chi connectivity index (χ1n) is 10.9. The van der Waals surface area contributed by atoms with Gasteiger partial charge in [-0.25, -0.2) is 9.59 Å². The van der Waals surface area contributed by atoms with Crippen LogP contribution in [0.1, 0.15) is 66.2 Å². The highest BCUT2D eigenvalue weighted by molar-refractivity contribution is 5.90. The van der Waals surface area contributed by atoms with Gasteiger partial charge in [-0.3, -0.25) is 25.3 Å². The smallest absolute Gasteiger partial charge is 0.407 e. The minimum Gasteiger partial charge on any atom is -0.444 e. The summed E-state index contributed by atoms with van der Waals surface area (Å²) in [4.78, 5) is 55.6. The van der Waals surface area contributed by atoms with Crippen LogP contribution in [0.15, 0.2) is 0 Å². The monoisotopic (exact) mass is 441 g/mol. The third-order valence-electron chi connectivity index (χ3n) is 4.93. The number of hydroxylamine groups is 2. The fourth-order valence-electron chi connectivity index (χ4n) is 3.41. The third-order valence-corrected chi connectivity index (χ3v) is 4.93. The van der Waals surface area contributed by atoms with Crippen molar-refractivity contribution < 1.29 is 28.8 Å². The van der Waals surface area contributed by atoms with E-state index in [2.05, 4.69) is 16.2 Å². The molecule has 0 radical (unpaired) electrons. The second kappa shape index (κ2) is 11.2. The molecule has 31 heavy (non-hydrogen) atoms. The molecule has 2 fully saturated rings. The van der Waals surface area contributed by atoms with Crippen LogP contribution in [0.2, 0.25) is 0 Å². The van der Waals surface area contributed by atoms with E-state index in [0.29, 0.717) is 32.4 Å². The van der Waals surface area contributed by atoms with E-state index in [1.54, 1.807) is 20.8 Å². The van der Waals surface area contributed by atoms with Gasteiger partial charge >= 0.3 is 12.1 Å². The normalized spacial score (nSPS) is 20.5. The zero-order chi connectivity index (χ0) is 23.0. The molecule has 0 aromatic carbocycles. The number of piperidine rings is 1. The Labute approximate surface area is 183 Å². The molecule has 0 aromatic heterocycles. The molecule has 176 valence electrons. The van der Waals surface area contributed by atoms with Gasteiger partial charge in [0.2, 0.25) is 5.91 Å². The zero-order valence-electron chi connectivity index (χ0n) is 18.9. The molecule has 2 bridgehead atoms. The number of nitrogens with zero attached hydrogens (tertiary/aromatic N) is 2. The van der Waals surface area contributed by atoms with Gasteiger partial charge in [0.15, 0.2) is 0 Å². The van der Waals surface area contributed by atoms with E-state index < -0.39 is 23.6 Å². The highest BCUT2D eigenvalue weighted by atomic mass is 16.7. The largest absolute Gasteiger partial charge is 0.444 e. The molecule has 0 aliphatic carbocycles. The summed E-state index contributed by atoms with van der Waals surface area (Å²) in [6, 6.07) is -0.989. The zero-order valence-corrected chi connectivity index (χ0v) is 18.9. The standard InChI is InChI=1S/C20H35N5O6/c1-5-6-12-30-25-14-9-10-15(24(13-14)19(25)29)17(27)23-22-16(26)8-7-11-21-18(28)31-20(2,3)4/h14-15H,5-13H2,1-4H3,(H,21,28)(H,22,26)(H,23,27)/t14-,15-/m0/s1. The quantitative estimate of drug-likeness (QED) is 0.367. The Kier molecular flexibility index (Phi) is 8.90. The summed E-state index contributed by atoms with van der Waals surface area (Å²) >= 11 is 0. The van der Waals surface area contributed by atoms with E-state index in [9.17, 15) is 19.2 Å². The topological polar surface area (TPSA) is 129 Å². The molecule has 0 aromatic rings. The van der Waals surface area contributed by atoms with E-state index in [4.69, 9.17) is 9.57 Å². The molecule has 5 amide bonds. The summed E-state index contributed by atoms with van der Waals surface area (Å²) in [5.74, 6) is -0.812. The minimum absolute atomic E-state index is 0.0412. The van der Waals surface area contributed by atoms with Gasteiger partial charge in [-0.05, 0) is 46.5 Å². The number of carbonyl (C=O) groups is 4.